The highest BCUT2D eigenvalue weighted by Crippen LogP contribution is 2.21. The quantitative estimate of drug-likeness (QED) is 0.681. The highest BCUT2D eigenvalue weighted by Gasteiger charge is 2.18. The molecular weight excluding hydrogens is 328 g/mol. The summed E-state index contributed by atoms with van der Waals surface area (Å²) in [5.41, 5.74) is -0.356. The van der Waals surface area contributed by atoms with Gasteiger partial charge in [0.05, 0.1) is 23.6 Å². The van der Waals surface area contributed by atoms with Crippen LogP contribution in [0.25, 0.3) is 10.9 Å². The number of pyridine rings is 1. The molecule has 0 aliphatic rings. The molecule has 25 heavy (non-hydrogen) atoms. The van der Waals surface area contributed by atoms with Gasteiger partial charge < -0.3 is 9.30 Å². The van der Waals surface area contributed by atoms with Crippen molar-refractivity contribution < 1.29 is 18.3 Å². The summed E-state index contributed by atoms with van der Waals surface area (Å²) in [4.78, 5) is 24.1. The van der Waals surface area contributed by atoms with Crippen LogP contribution in [0.5, 0.6) is 5.75 Å². The SMILES string of the molecule is COc1ccc(Cn2cc(C(C)=O)c(=O)c3c(F)ccc(F)c32)cc1. The van der Waals surface area contributed by atoms with E-state index >= 15 is 0 Å². The van der Waals surface area contributed by atoms with Crippen molar-refractivity contribution in [3.05, 3.63) is 75.6 Å². The third-order valence-corrected chi connectivity index (χ3v) is 4.01. The monoisotopic (exact) mass is 343 g/mol. The lowest BCUT2D eigenvalue weighted by Crippen LogP contribution is -2.20. The Bertz CT molecular complexity index is 1020. The van der Waals surface area contributed by atoms with Crippen molar-refractivity contribution in [2.45, 2.75) is 13.5 Å². The van der Waals surface area contributed by atoms with E-state index in [1.165, 1.54) is 17.7 Å². The normalized spacial score (nSPS) is 10.9. The molecule has 0 bridgehead atoms. The molecule has 128 valence electrons. The lowest BCUT2D eigenvalue weighted by molar-refractivity contribution is 0.101. The molecule has 0 amide bonds. The van der Waals surface area contributed by atoms with E-state index in [0.717, 1.165) is 17.7 Å². The largest absolute Gasteiger partial charge is 0.497 e. The van der Waals surface area contributed by atoms with Gasteiger partial charge >= 0.3 is 0 Å². The number of carbonyl (C=O) groups is 1. The van der Waals surface area contributed by atoms with Gasteiger partial charge in [-0.1, -0.05) is 12.1 Å². The average Bonchev–Trinajstić information content (AvgIpc) is 2.60. The Kier molecular flexibility index (Phi) is 4.35. The Morgan fingerprint density at radius 1 is 1.08 bits per heavy atom. The van der Waals surface area contributed by atoms with E-state index in [4.69, 9.17) is 4.74 Å². The average molecular weight is 343 g/mol. The number of carbonyl (C=O) groups excluding carboxylic acids is 1. The first-order chi connectivity index (χ1) is 11.9. The fourth-order valence-electron chi connectivity index (χ4n) is 2.75. The van der Waals surface area contributed by atoms with Crippen LogP contribution in [0.4, 0.5) is 8.78 Å². The minimum absolute atomic E-state index is 0.161. The molecule has 0 unspecified atom stereocenters. The highest BCUT2D eigenvalue weighted by atomic mass is 19.1. The van der Waals surface area contributed by atoms with Crippen LogP contribution < -0.4 is 10.2 Å². The van der Waals surface area contributed by atoms with Crippen molar-refractivity contribution in [2.75, 3.05) is 7.11 Å². The second-order valence-electron chi connectivity index (χ2n) is 5.66. The smallest absolute Gasteiger partial charge is 0.203 e. The van der Waals surface area contributed by atoms with E-state index in [-0.39, 0.29) is 17.6 Å². The number of nitrogens with zero attached hydrogens (tertiary/aromatic N) is 1. The number of methoxy groups -OCH3 is 1. The third-order valence-electron chi connectivity index (χ3n) is 4.01. The van der Waals surface area contributed by atoms with E-state index in [1.807, 2.05) is 0 Å². The maximum absolute atomic E-state index is 14.3. The number of Topliss-reactive ketones (excluding diaryl/α,β-unsaturated/α-hetero) is 1. The number of halogens is 2. The summed E-state index contributed by atoms with van der Waals surface area (Å²) in [5, 5.41) is -0.416. The van der Waals surface area contributed by atoms with Gasteiger partial charge in [0, 0.05) is 12.7 Å². The summed E-state index contributed by atoms with van der Waals surface area (Å²) in [6, 6.07) is 8.88. The van der Waals surface area contributed by atoms with Gasteiger partial charge in [0.25, 0.3) is 0 Å². The maximum Gasteiger partial charge on any atom is 0.203 e. The summed E-state index contributed by atoms with van der Waals surface area (Å²) >= 11 is 0. The van der Waals surface area contributed by atoms with Crippen molar-refractivity contribution in [1.29, 1.82) is 0 Å². The predicted octanol–water partition coefficient (Wildman–Crippen LogP) is 3.54. The van der Waals surface area contributed by atoms with Crippen molar-refractivity contribution in [3.63, 3.8) is 0 Å². The molecule has 0 radical (unpaired) electrons. The van der Waals surface area contributed by atoms with Crippen LogP contribution in [0, 0.1) is 11.6 Å². The highest BCUT2D eigenvalue weighted by molar-refractivity contribution is 5.97. The van der Waals surface area contributed by atoms with Crippen LogP contribution in [0.3, 0.4) is 0 Å². The second kappa shape index (κ2) is 6.47. The van der Waals surface area contributed by atoms with E-state index in [1.54, 1.807) is 31.4 Å². The molecular formula is C19H15F2NO3. The Hall–Kier alpha value is -3.02. The molecule has 0 aliphatic carbocycles. The van der Waals surface area contributed by atoms with Crippen LogP contribution in [0.2, 0.25) is 0 Å². The van der Waals surface area contributed by atoms with Gasteiger partial charge in [-0.25, -0.2) is 8.78 Å². The van der Waals surface area contributed by atoms with Crippen molar-refractivity contribution in [1.82, 2.24) is 4.57 Å². The first kappa shape index (κ1) is 16.8. The number of hydrogen-bond donors (Lipinski definition) is 0. The van der Waals surface area contributed by atoms with Gasteiger partial charge in [-0.2, -0.15) is 0 Å². The molecule has 4 nitrogen and oxygen atoms in total. The van der Waals surface area contributed by atoms with Crippen LogP contribution in [-0.4, -0.2) is 17.5 Å². The zero-order valence-electron chi connectivity index (χ0n) is 13.7. The Balaban J connectivity index is 2.25. The Labute approximate surface area is 142 Å². The lowest BCUT2D eigenvalue weighted by Gasteiger charge is -2.14. The van der Waals surface area contributed by atoms with Gasteiger partial charge in [0.1, 0.15) is 17.4 Å². The first-order valence-corrected chi connectivity index (χ1v) is 7.57. The van der Waals surface area contributed by atoms with E-state index < -0.39 is 28.2 Å². The molecule has 0 saturated carbocycles. The zero-order valence-corrected chi connectivity index (χ0v) is 13.7. The fraction of sp³-hybridized carbons (Fsp3) is 0.158. The van der Waals surface area contributed by atoms with Crippen LogP contribution in [0.15, 0.2) is 47.4 Å². The molecule has 0 atom stereocenters. The molecule has 1 aromatic heterocycles. The predicted molar refractivity (Wildman–Crippen MR) is 90.2 cm³/mol. The molecule has 2 aromatic carbocycles. The molecule has 0 fully saturated rings. The number of hydrogen-bond acceptors (Lipinski definition) is 3. The summed E-state index contributed by atoms with van der Waals surface area (Å²) in [6.45, 7) is 1.39. The summed E-state index contributed by atoms with van der Waals surface area (Å²) in [7, 11) is 1.54. The van der Waals surface area contributed by atoms with Gasteiger partial charge in [0.15, 0.2) is 5.78 Å². The summed E-state index contributed by atoms with van der Waals surface area (Å²) < 4.78 is 35.0. The van der Waals surface area contributed by atoms with Crippen LogP contribution in [0.1, 0.15) is 22.8 Å². The van der Waals surface area contributed by atoms with E-state index in [9.17, 15) is 18.4 Å². The number of fused-ring (bicyclic) bond motifs is 1. The molecule has 6 heteroatoms. The number of aromatic nitrogens is 1. The zero-order chi connectivity index (χ0) is 18.1. The van der Waals surface area contributed by atoms with Gasteiger partial charge in [-0.15, -0.1) is 0 Å². The van der Waals surface area contributed by atoms with Gasteiger partial charge in [-0.05, 0) is 36.8 Å². The standard InChI is InChI=1S/C19H15F2NO3/c1-11(23)14-10-22(9-12-3-5-13(25-2)6-4-12)18-16(21)8-7-15(20)17(18)19(14)24/h3-8,10H,9H2,1-2H3. The lowest BCUT2D eigenvalue weighted by atomic mass is 10.1. The molecule has 3 rings (SSSR count). The minimum Gasteiger partial charge on any atom is -0.497 e. The van der Waals surface area contributed by atoms with Gasteiger partial charge in [-0.3, -0.25) is 9.59 Å². The maximum atomic E-state index is 14.3. The number of benzene rings is 2. The second-order valence-corrected chi connectivity index (χ2v) is 5.66. The van der Waals surface area contributed by atoms with Gasteiger partial charge in [0.2, 0.25) is 5.43 Å². The summed E-state index contributed by atoms with van der Waals surface area (Å²) in [5.74, 6) is -1.42. The topological polar surface area (TPSA) is 48.3 Å². The molecule has 0 spiro atoms. The third kappa shape index (κ3) is 3.03. The molecule has 0 aliphatic heterocycles. The minimum atomic E-state index is -0.854. The number of ether oxygens (including phenoxy) is 1. The Morgan fingerprint density at radius 2 is 1.72 bits per heavy atom. The molecule has 1 heterocycles. The van der Waals surface area contributed by atoms with Crippen LogP contribution in [-0.2, 0) is 6.54 Å². The number of rotatable bonds is 4. The first-order valence-electron chi connectivity index (χ1n) is 7.57. The van der Waals surface area contributed by atoms with Crippen LogP contribution >= 0.6 is 0 Å². The number of ketones is 1. The molecule has 0 saturated heterocycles. The van der Waals surface area contributed by atoms with Crippen molar-refractivity contribution in [3.8, 4) is 5.75 Å². The van der Waals surface area contributed by atoms with Crippen molar-refractivity contribution >= 4 is 16.7 Å². The van der Waals surface area contributed by atoms with E-state index in [0.29, 0.717) is 5.75 Å². The Morgan fingerprint density at radius 3 is 2.32 bits per heavy atom. The summed E-state index contributed by atoms with van der Waals surface area (Å²) in [6.07, 6.45) is 1.28. The van der Waals surface area contributed by atoms with Crippen molar-refractivity contribution in [2.24, 2.45) is 0 Å². The van der Waals surface area contributed by atoms with E-state index in [2.05, 4.69) is 0 Å². The molecule has 0 N–H and O–H groups in total. The fourth-order valence-corrected chi connectivity index (χ4v) is 2.75. The molecule has 3 aromatic rings.